The van der Waals surface area contributed by atoms with E-state index in [1.54, 1.807) is 0 Å². The Kier molecular flexibility index (Phi) is 4.41. The van der Waals surface area contributed by atoms with Crippen molar-refractivity contribution in [1.29, 1.82) is 0 Å². The van der Waals surface area contributed by atoms with Crippen LogP contribution in [0.5, 0.6) is 0 Å². The van der Waals surface area contributed by atoms with E-state index >= 15 is 0 Å². The van der Waals surface area contributed by atoms with E-state index in [1.165, 1.54) is 25.7 Å². The summed E-state index contributed by atoms with van der Waals surface area (Å²) in [5.41, 5.74) is 1.26. The van der Waals surface area contributed by atoms with Gasteiger partial charge in [-0.3, -0.25) is 4.79 Å². The zero-order valence-corrected chi connectivity index (χ0v) is 15.8. The molecule has 3 N–H and O–H groups in total. The van der Waals surface area contributed by atoms with Gasteiger partial charge in [-0.2, -0.15) is 0 Å². The summed E-state index contributed by atoms with van der Waals surface area (Å²) in [5.74, 6) is 1.56. The Labute approximate surface area is 155 Å². The summed E-state index contributed by atoms with van der Waals surface area (Å²) in [4.78, 5) is 20.8. The van der Waals surface area contributed by atoms with Gasteiger partial charge in [0.25, 0.3) is 0 Å². The Morgan fingerprint density at radius 3 is 2.50 bits per heavy atom. The number of hydrogen-bond acceptors (Lipinski definition) is 5. The topological polar surface area (TPSA) is 87.1 Å². The predicted octanol–water partition coefficient (Wildman–Crippen LogP) is 2.70. The highest BCUT2D eigenvalue weighted by Crippen LogP contribution is 2.52. The first-order valence-corrected chi connectivity index (χ1v) is 9.93. The number of hydrogen-bond donors (Lipinski definition) is 3. The third-order valence-electron chi connectivity index (χ3n) is 6.68. The third kappa shape index (κ3) is 3.56. The molecule has 0 radical (unpaired) electrons. The largest absolute Gasteiger partial charge is 0.388 e. The van der Waals surface area contributed by atoms with E-state index in [2.05, 4.69) is 27.5 Å². The lowest BCUT2D eigenvalue weighted by molar-refractivity contribution is -0.127. The molecule has 26 heavy (non-hydrogen) atoms. The fourth-order valence-electron chi connectivity index (χ4n) is 4.63. The van der Waals surface area contributed by atoms with Crippen molar-refractivity contribution >= 4 is 11.7 Å². The van der Waals surface area contributed by atoms with Crippen molar-refractivity contribution in [1.82, 2.24) is 15.3 Å². The van der Waals surface area contributed by atoms with E-state index in [-0.39, 0.29) is 17.9 Å². The average molecular weight is 358 g/mol. The highest BCUT2D eigenvalue weighted by Gasteiger charge is 2.48. The lowest BCUT2D eigenvalue weighted by Crippen LogP contribution is -2.50. The highest BCUT2D eigenvalue weighted by molar-refractivity contribution is 5.85. The number of rotatable bonds is 5. The second-order valence-corrected chi connectivity index (χ2v) is 9.03. The zero-order chi connectivity index (χ0) is 18.4. The van der Waals surface area contributed by atoms with Gasteiger partial charge < -0.3 is 15.7 Å². The van der Waals surface area contributed by atoms with Crippen LogP contribution >= 0.6 is 0 Å². The molecule has 0 bridgehead atoms. The van der Waals surface area contributed by atoms with Crippen molar-refractivity contribution < 1.29 is 9.90 Å². The molecule has 3 aliphatic rings. The van der Waals surface area contributed by atoms with Gasteiger partial charge >= 0.3 is 0 Å². The van der Waals surface area contributed by atoms with Crippen LogP contribution in [-0.2, 0) is 11.4 Å². The number of carbonyl (C=O) groups excluding carboxylic acids is 1. The van der Waals surface area contributed by atoms with Crippen LogP contribution in [0, 0.1) is 17.8 Å². The first kappa shape index (κ1) is 17.7. The van der Waals surface area contributed by atoms with Crippen LogP contribution in [0.4, 0.5) is 5.82 Å². The van der Waals surface area contributed by atoms with Gasteiger partial charge in [-0.1, -0.05) is 6.92 Å². The zero-order valence-electron chi connectivity index (χ0n) is 15.8. The lowest BCUT2D eigenvalue weighted by Gasteiger charge is -2.52. The number of carbonyl (C=O) groups is 1. The van der Waals surface area contributed by atoms with Crippen molar-refractivity contribution in [2.75, 3.05) is 5.32 Å². The first-order valence-electron chi connectivity index (χ1n) is 9.93. The molecule has 0 unspecified atom stereocenters. The molecule has 6 nitrogen and oxygen atoms in total. The van der Waals surface area contributed by atoms with Crippen molar-refractivity contribution in [2.45, 2.75) is 83.9 Å². The van der Waals surface area contributed by atoms with Crippen LogP contribution in [0.15, 0.2) is 6.07 Å². The monoisotopic (exact) mass is 358 g/mol. The third-order valence-corrected chi connectivity index (χ3v) is 6.68. The molecule has 1 heterocycles. The summed E-state index contributed by atoms with van der Waals surface area (Å²) in [6.07, 6.45) is 9.05. The Morgan fingerprint density at radius 1 is 1.19 bits per heavy atom. The molecule has 1 amide bonds. The molecule has 0 aliphatic heterocycles. The summed E-state index contributed by atoms with van der Waals surface area (Å²) in [7, 11) is 0. The van der Waals surface area contributed by atoms with Gasteiger partial charge in [-0.15, -0.1) is 0 Å². The summed E-state index contributed by atoms with van der Waals surface area (Å²) in [6, 6.07) is 2.76. The molecular formula is C20H30N4O2. The van der Waals surface area contributed by atoms with Gasteiger partial charge in [0.05, 0.1) is 0 Å². The Hall–Kier alpha value is -1.69. The first-order chi connectivity index (χ1) is 12.4. The van der Waals surface area contributed by atoms with Gasteiger partial charge in [-0.05, 0) is 63.7 Å². The fourth-order valence-corrected chi connectivity index (χ4v) is 4.63. The minimum atomic E-state index is -0.128. The molecule has 0 saturated heterocycles. The van der Waals surface area contributed by atoms with Gasteiger partial charge in [0.1, 0.15) is 12.4 Å². The minimum absolute atomic E-state index is 0.0658. The highest BCUT2D eigenvalue weighted by atomic mass is 16.3. The second-order valence-electron chi connectivity index (χ2n) is 9.03. The summed E-state index contributed by atoms with van der Waals surface area (Å²) >= 11 is 0. The van der Waals surface area contributed by atoms with Gasteiger partial charge in [0, 0.05) is 29.3 Å². The number of nitrogens with one attached hydrogen (secondary N) is 2. The van der Waals surface area contributed by atoms with Crippen molar-refractivity contribution in [3.63, 3.8) is 0 Å². The smallest absolute Gasteiger partial charge is 0.226 e. The van der Waals surface area contributed by atoms with Crippen LogP contribution in [-0.4, -0.2) is 33.1 Å². The van der Waals surface area contributed by atoms with Crippen molar-refractivity contribution in [3.8, 4) is 0 Å². The lowest BCUT2D eigenvalue weighted by atomic mass is 9.57. The van der Waals surface area contributed by atoms with Crippen molar-refractivity contribution in [3.05, 3.63) is 17.6 Å². The maximum absolute atomic E-state index is 12.2. The average Bonchev–Trinajstić information content (AvgIpc) is 3.33. The maximum atomic E-state index is 12.2. The number of nitrogens with zero attached hydrogens (tertiary/aromatic N) is 2. The maximum Gasteiger partial charge on any atom is 0.226 e. The molecule has 142 valence electrons. The van der Waals surface area contributed by atoms with E-state index in [9.17, 15) is 9.90 Å². The van der Waals surface area contributed by atoms with E-state index in [0.29, 0.717) is 23.3 Å². The minimum Gasteiger partial charge on any atom is -0.388 e. The second kappa shape index (κ2) is 6.48. The Bertz CT molecular complexity index is 685. The Morgan fingerprint density at radius 2 is 1.88 bits per heavy atom. The SMILES string of the molecule is Cc1cc(NC2CC3(CCC(NC(=O)C4(C)CC4)CC3)C2)nc(CO)n1. The quantitative estimate of drug-likeness (QED) is 0.753. The van der Waals surface area contributed by atoms with E-state index < -0.39 is 0 Å². The Balaban J connectivity index is 1.25. The number of aromatic nitrogens is 2. The molecular weight excluding hydrogens is 328 g/mol. The standard InChI is InChI=1S/C20H30N4O2/c1-13-9-16(24-17(12-25)21-13)22-15-10-20(11-15)5-3-14(4-6-20)23-18(26)19(2)7-8-19/h9,14-15,25H,3-8,10-12H2,1-2H3,(H,23,26)(H,21,22,24). The molecule has 4 rings (SSSR count). The van der Waals surface area contributed by atoms with Crippen LogP contribution in [0.25, 0.3) is 0 Å². The molecule has 1 aromatic heterocycles. The van der Waals surface area contributed by atoms with Crippen molar-refractivity contribution in [2.24, 2.45) is 10.8 Å². The number of aliphatic hydroxyl groups is 1. The van der Waals surface area contributed by atoms with E-state index in [4.69, 9.17) is 0 Å². The molecule has 1 aromatic rings. The number of anilines is 1. The number of amides is 1. The van der Waals surface area contributed by atoms with Crippen LogP contribution in [0.1, 0.15) is 69.8 Å². The summed E-state index contributed by atoms with van der Waals surface area (Å²) in [5, 5.41) is 16.0. The predicted molar refractivity (Wildman–Crippen MR) is 99.5 cm³/mol. The van der Waals surface area contributed by atoms with Gasteiger partial charge in [-0.25, -0.2) is 9.97 Å². The van der Waals surface area contributed by atoms with Crippen LogP contribution in [0.2, 0.25) is 0 Å². The van der Waals surface area contributed by atoms with Gasteiger partial charge in [0.15, 0.2) is 5.82 Å². The van der Waals surface area contributed by atoms with E-state index in [0.717, 1.165) is 37.2 Å². The molecule has 3 aliphatic carbocycles. The molecule has 6 heteroatoms. The summed E-state index contributed by atoms with van der Waals surface area (Å²) < 4.78 is 0. The molecule has 1 spiro atoms. The molecule has 3 saturated carbocycles. The van der Waals surface area contributed by atoms with Gasteiger partial charge in [0.2, 0.25) is 5.91 Å². The number of aliphatic hydroxyl groups excluding tert-OH is 1. The molecule has 0 aromatic carbocycles. The molecule has 3 fully saturated rings. The van der Waals surface area contributed by atoms with E-state index in [1.807, 2.05) is 13.0 Å². The number of aryl methyl sites for hydroxylation is 1. The normalized spacial score (nSPS) is 32.0. The van der Waals surface area contributed by atoms with Crippen LogP contribution in [0.3, 0.4) is 0 Å². The summed E-state index contributed by atoms with van der Waals surface area (Å²) in [6.45, 7) is 3.87. The van der Waals surface area contributed by atoms with Crippen LogP contribution < -0.4 is 10.6 Å². The molecule has 0 atom stereocenters. The fraction of sp³-hybridized carbons (Fsp3) is 0.750.